The zero-order valence-corrected chi connectivity index (χ0v) is 17.6. The van der Waals surface area contributed by atoms with Crippen LogP contribution in [0.15, 0.2) is 29.1 Å². The maximum Gasteiger partial charge on any atom is 0.262 e. The van der Waals surface area contributed by atoms with Crippen molar-refractivity contribution in [1.29, 1.82) is 0 Å². The number of benzene rings is 1. The second-order valence-electron chi connectivity index (χ2n) is 7.34. The van der Waals surface area contributed by atoms with E-state index >= 15 is 0 Å². The number of rotatable bonds is 6. The molecule has 28 heavy (non-hydrogen) atoms. The molecule has 148 valence electrons. The van der Waals surface area contributed by atoms with Gasteiger partial charge in [-0.1, -0.05) is 12.1 Å². The van der Waals surface area contributed by atoms with Gasteiger partial charge in [0.1, 0.15) is 16.4 Å². The molecule has 0 atom stereocenters. The summed E-state index contributed by atoms with van der Waals surface area (Å²) in [4.78, 5) is 22.6. The Balaban J connectivity index is 1.75. The zero-order valence-electron chi connectivity index (χ0n) is 16.8. The summed E-state index contributed by atoms with van der Waals surface area (Å²) in [5.41, 5.74) is 2.13. The molecule has 1 aliphatic rings. The van der Waals surface area contributed by atoms with Crippen molar-refractivity contribution in [1.82, 2.24) is 14.5 Å². The minimum Gasteiger partial charge on any atom is -0.494 e. The third-order valence-electron chi connectivity index (χ3n) is 5.47. The fourth-order valence-electron chi connectivity index (χ4n) is 4.04. The average molecular weight is 398 g/mol. The van der Waals surface area contributed by atoms with Gasteiger partial charge in [0.2, 0.25) is 0 Å². The van der Waals surface area contributed by atoms with E-state index in [-0.39, 0.29) is 5.56 Å². The van der Waals surface area contributed by atoms with Crippen molar-refractivity contribution < 1.29 is 4.74 Å². The summed E-state index contributed by atoms with van der Waals surface area (Å²) in [6, 6.07) is 8.01. The van der Waals surface area contributed by atoms with Crippen molar-refractivity contribution in [2.45, 2.75) is 40.2 Å². The average Bonchev–Trinajstić information content (AvgIpc) is 3.30. The first kappa shape index (κ1) is 19.2. The van der Waals surface area contributed by atoms with Crippen LogP contribution in [-0.2, 0) is 6.54 Å². The molecule has 3 heterocycles. The van der Waals surface area contributed by atoms with Crippen LogP contribution >= 0.6 is 11.3 Å². The van der Waals surface area contributed by atoms with Gasteiger partial charge in [0.15, 0.2) is 0 Å². The molecule has 5 nitrogen and oxygen atoms in total. The van der Waals surface area contributed by atoms with E-state index in [4.69, 9.17) is 9.72 Å². The van der Waals surface area contributed by atoms with Crippen LogP contribution in [0.3, 0.4) is 0 Å². The summed E-state index contributed by atoms with van der Waals surface area (Å²) >= 11 is 1.60. The number of hydrogen-bond acceptors (Lipinski definition) is 5. The Morgan fingerprint density at radius 1 is 1.11 bits per heavy atom. The van der Waals surface area contributed by atoms with Crippen molar-refractivity contribution in [3.8, 4) is 16.9 Å². The van der Waals surface area contributed by atoms with Crippen molar-refractivity contribution >= 4 is 21.6 Å². The van der Waals surface area contributed by atoms with E-state index < -0.39 is 0 Å². The smallest absolute Gasteiger partial charge is 0.262 e. The third kappa shape index (κ3) is 3.59. The van der Waals surface area contributed by atoms with Crippen LogP contribution in [-0.4, -0.2) is 40.7 Å². The van der Waals surface area contributed by atoms with Gasteiger partial charge in [0, 0.05) is 23.5 Å². The first-order valence-corrected chi connectivity index (χ1v) is 10.9. The molecule has 0 radical (unpaired) electrons. The van der Waals surface area contributed by atoms with E-state index in [1.807, 2.05) is 42.7 Å². The predicted molar refractivity (Wildman–Crippen MR) is 116 cm³/mol. The van der Waals surface area contributed by atoms with Gasteiger partial charge < -0.3 is 9.64 Å². The van der Waals surface area contributed by atoms with Gasteiger partial charge in [-0.15, -0.1) is 11.3 Å². The molecule has 0 aliphatic carbocycles. The lowest BCUT2D eigenvalue weighted by atomic mass is 10.0. The fourth-order valence-corrected chi connectivity index (χ4v) is 5.12. The number of hydrogen-bond donors (Lipinski definition) is 0. The highest BCUT2D eigenvalue weighted by molar-refractivity contribution is 7.19. The van der Waals surface area contributed by atoms with Crippen molar-refractivity contribution in [3.05, 3.63) is 45.3 Å². The molecule has 2 aromatic heterocycles. The second-order valence-corrected chi connectivity index (χ2v) is 8.54. The topological polar surface area (TPSA) is 47.4 Å². The SMILES string of the molecule is CCOc1ccc(-c2c(C)sc3nc(C)n(CCN4CCCC4)c(=O)c23)cc1. The molecular weight excluding hydrogens is 370 g/mol. The summed E-state index contributed by atoms with van der Waals surface area (Å²) in [5.74, 6) is 1.65. The summed E-state index contributed by atoms with van der Waals surface area (Å²) in [6.07, 6.45) is 2.52. The Morgan fingerprint density at radius 3 is 2.50 bits per heavy atom. The van der Waals surface area contributed by atoms with E-state index in [9.17, 15) is 4.79 Å². The lowest BCUT2D eigenvalue weighted by Gasteiger charge is -2.16. The first-order chi connectivity index (χ1) is 13.6. The Kier molecular flexibility index (Phi) is 5.51. The van der Waals surface area contributed by atoms with Gasteiger partial charge in [0.25, 0.3) is 5.56 Å². The Labute approximate surface area is 169 Å². The van der Waals surface area contributed by atoms with Crippen LogP contribution in [0.1, 0.15) is 30.5 Å². The highest BCUT2D eigenvalue weighted by Crippen LogP contribution is 2.36. The lowest BCUT2D eigenvalue weighted by Crippen LogP contribution is -2.31. The number of fused-ring (bicyclic) bond motifs is 1. The molecule has 0 amide bonds. The van der Waals surface area contributed by atoms with Crippen LogP contribution in [0, 0.1) is 13.8 Å². The lowest BCUT2D eigenvalue weighted by molar-refractivity contribution is 0.319. The van der Waals surface area contributed by atoms with Crippen LogP contribution in [0.25, 0.3) is 21.3 Å². The highest BCUT2D eigenvalue weighted by atomic mass is 32.1. The first-order valence-electron chi connectivity index (χ1n) is 10.0. The van der Waals surface area contributed by atoms with Gasteiger partial charge in [-0.2, -0.15) is 0 Å². The van der Waals surface area contributed by atoms with Crippen LogP contribution in [0.4, 0.5) is 0 Å². The third-order valence-corrected chi connectivity index (χ3v) is 6.47. The molecule has 1 aromatic carbocycles. The largest absolute Gasteiger partial charge is 0.494 e. The van der Waals surface area contributed by atoms with Crippen LogP contribution in [0.2, 0.25) is 0 Å². The summed E-state index contributed by atoms with van der Waals surface area (Å²) in [5, 5.41) is 0.749. The van der Waals surface area contributed by atoms with Crippen molar-refractivity contribution in [2.75, 3.05) is 26.2 Å². The minimum atomic E-state index is 0.0786. The molecule has 6 heteroatoms. The van der Waals surface area contributed by atoms with Gasteiger partial charge >= 0.3 is 0 Å². The monoisotopic (exact) mass is 397 g/mol. The molecule has 0 N–H and O–H groups in total. The Morgan fingerprint density at radius 2 is 1.82 bits per heavy atom. The van der Waals surface area contributed by atoms with Crippen LogP contribution in [0.5, 0.6) is 5.75 Å². The van der Waals surface area contributed by atoms with E-state index in [1.54, 1.807) is 11.3 Å². The number of aryl methyl sites for hydroxylation is 2. The molecule has 0 unspecified atom stereocenters. The molecule has 4 rings (SSSR count). The van der Waals surface area contributed by atoms with E-state index in [1.165, 1.54) is 12.8 Å². The highest BCUT2D eigenvalue weighted by Gasteiger charge is 2.19. The van der Waals surface area contributed by atoms with Crippen LogP contribution < -0.4 is 10.3 Å². The molecular formula is C22H27N3O2S. The van der Waals surface area contributed by atoms with E-state index in [2.05, 4.69) is 11.8 Å². The summed E-state index contributed by atoms with van der Waals surface area (Å²) < 4.78 is 7.41. The van der Waals surface area contributed by atoms with E-state index in [0.717, 1.165) is 57.4 Å². The molecule has 3 aromatic rings. The predicted octanol–water partition coefficient (Wildman–Crippen LogP) is 4.24. The second kappa shape index (κ2) is 8.05. The normalized spacial score (nSPS) is 14.8. The molecule has 0 bridgehead atoms. The summed E-state index contributed by atoms with van der Waals surface area (Å²) in [6.45, 7) is 10.5. The molecule has 0 saturated carbocycles. The Bertz CT molecular complexity index is 1030. The van der Waals surface area contributed by atoms with Crippen molar-refractivity contribution in [3.63, 3.8) is 0 Å². The maximum atomic E-state index is 13.4. The maximum absolute atomic E-state index is 13.4. The quantitative estimate of drug-likeness (QED) is 0.624. The van der Waals surface area contributed by atoms with E-state index in [0.29, 0.717) is 13.2 Å². The number of likely N-dealkylation sites (tertiary alicyclic amines) is 1. The molecule has 1 fully saturated rings. The number of nitrogens with zero attached hydrogens (tertiary/aromatic N) is 3. The van der Waals surface area contributed by atoms with Gasteiger partial charge in [-0.3, -0.25) is 9.36 Å². The number of ether oxygens (including phenoxy) is 1. The minimum absolute atomic E-state index is 0.0786. The van der Waals surface area contributed by atoms with Gasteiger partial charge in [-0.25, -0.2) is 4.98 Å². The Hall–Kier alpha value is -2.18. The molecule has 0 spiro atoms. The number of aromatic nitrogens is 2. The summed E-state index contributed by atoms with van der Waals surface area (Å²) in [7, 11) is 0. The fraction of sp³-hybridized carbons (Fsp3) is 0.455. The molecule has 1 saturated heterocycles. The number of thiophene rings is 1. The van der Waals surface area contributed by atoms with Gasteiger partial charge in [-0.05, 0) is 64.4 Å². The molecule has 1 aliphatic heterocycles. The standard InChI is InChI=1S/C22H27N3O2S/c1-4-27-18-9-7-17(8-10-18)19-15(2)28-21-20(19)22(26)25(16(3)23-21)14-13-24-11-5-6-12-24/h7-10H,4-6,11-14H2,1-3H3. The van der Waals surface area contributed by atoms with Crippen molar-refractivity contribution in [2.24, 2.45) is 0 Å². The van der Waals surface area contributed by atoms with Gasteiger partial charge in [0.05, 0.1) is 12.0 Å². The zero-order chi connectivity index (χ0) is 19.7.